The average molecular weight is 290 g/mol. The Labute approximate surface area is 124 Å². The molecule has 0 saturated heterocycles. The van der Waals surface area contributed by atoms with Crippen molar-refractivity contribution in [1.82, 2.24) is 10.6 Å². The van der Waals surface area contributed by atoms with Crippen molar-refractivity contribution in [2.75, 3.05) is 13.1 Å². The highest BCUT2D eigenvalue weighted by atomic mass is 16.3. The summed E-state index contributed by atoms with van der Waals surface area (Å²) >= 11 is 0. The first-order valence-corrected chi connectivity index (χ1v) is 7.34. The van der Waals surface area contributed by atoms with Gasteiger partial charge in [-0.15, -0.1) is 0 Å². The molecule has 1 aromatic carbocycles. The van der Waals surface area contributed by atoms with E-state index >= 15 is 0 Å². The van der Waals surface area contributed by atoms with E-state index in [1.807, 2.05) is 19.1 Å². The number of carbonyl (C=O) groups is 2. The molecule has 2 rings (SSSR count). The maximum atomic E-state index is 11.9. The summed E-state index contributed by atoms with van der Waals surface area (Å²) in [5.74, 6) is -0.0982. The van der Waals surface area contributed by atoms with E-state index in [9.17, 15) is 14.7 Å². The monoisotopic (exact) mass is 290 g/mol. The highest BCUT2D eigenvalue weighted by Crippen LogP contribution is 2.24. The molecule has 0 aliphatic heterocycles. The predicted octanol–water partition coefficient (Wildman–Crippen LogP) is 1.00. The minimum atomic E-state index is -0.245. The zero-order valence-corrected chi connectivity index (χ0v) is 12.3. The van der Waals surface area contributed by atoms with Gasteiger partial charge in [0.25, 0.3) is 5.91 Å². The van der Waals surface area contributed by atoms with Crippen molar-refractivity contribution in [1.29, 1.82) is 0 Å². The molecule has 0 spiro atoms. The smallest absolute Gasteiger partial charge is 0.251 e. The molecule has 0 heterocycles. The average Bonchev–Trinajstić information content (AvgIpc) is 2.88. The number of nitrogens with one attached hydrogen (secondary N) is 2. The van der Waals surface area contributed by atoms with Gasteiger partial charge < -0.3 is 15.7 Å². The van der Waals surface area contributed by atoms with Gasteiger partial charge in [0.15, 0.2) is 0 Å². The van der Waals surface area contributed by atoms with Crippen LogP contribution in [0.3, 0.4) is 0 Å². The van der Waals surface area contributed by atoms with Gasteiger partial charge in [0.1, 0.15) is 0 Å². The molecule has 2 atom stereocenters. The van der Waals surface area contributed by atoms with E-state index in [4.69, 9.17) is 0 Å². The molecule has 0 radical (unpaired) electrons. The van der Waals surface area contributed by atoms with E-state index in [1.54, 1.807) is 12.1 Å². The largest absolute Gasteiger partial charge is 0.393 e. The summed E-state index contributed by atoms with van der Waals surface area (Å²) in [6.45, 7) is 2.46. The molecular formula is C16H22N2O3. The predicted molar refractivity (Wildman–Crippen MR) is 79.9 cm³/mol. The quantitative estimate of drug-likeness (QED) is 0.757. The van der Waals surface area contributed by atoms with Crippen LogP contribution >= 0.6 is 0 Å². The van der Waals surface area contributed by atoms with Crippen LogP contribution in [0.2, 0.25) is 0 Å². The first kappa shape index (κ1) is 15.5. The van der Waals surface area contributed by atoms with Crippen molar-refractivity contribution in [3.05, 3.63) is 35.4 Å². The summed E-state index contributed by atoms with van der Waals surface area (Å²) in [7, 11) is 0. The Morgan fingerprint density at radius 2 is 2.10 bits per heavy atom. The van der Waals surface area contributed by atoms with Crippen LogP contribution in [-0.4, -0.2) is 36.1 Å². The number of hydrogen-bond donors (Lipinski definition) is 3. The van der Waals surface area contributed by atoms with E-state index in [1.165, 1.54) is 0 Å². The van der Waals surface area contributed by atoms with Crippen molar-refractivity contribution in [3.63, 3.8) is 0 Å². The molecule has 1 aromatic rings. The van der Waals surface area contributed by atoms with Gasteiger partial charge in [0.05, 0.1) is 12.6 Å². The van der Waals surface area contributed by atoms with Crippen LogP contribution in [0.4, 0.5) is 0 Å². The van der Waals surface area contributed by atoms with E-state index in [-0.39, 0.29) is 24.5 Å². The van der Waals surface area contributed by atoms with Gasteiger partial charge in [-0.3, -0.25) is 9.59 Å². The van der Waals surface area contributed by atoms with Gasteiger partial charge in [0.2, 0.25) is 5.91 Å². The lowest BCUT2D eigenvalue weighted by Gasteiger charge is -2.11. The Morgan fingerprint density at radius 1 is 1.29 bits per heavy atom. The topological polar surface area (TPSA) is 78.4 Å². The molecule has 1 aliphatic rings. The van der Waals surface area contributed by atoms with E-state index < -0.39 is 0 Å². The zero-order chi connectivity index (χ0) is 15.2. The molecule has 1 fully saturated rings. The lowest BCUT2D eigenvalue weighted by molar-refractivity contribution is -0.120. The fraction of sp³-hybridized carbons (Fsp3) is 0.500. The van der Waals surface area contributed by atoms with Crippen LogP contribution in [-0.2, 0) is 4.79 Å². The maximum absolute atomic E-state index is 11.9. The summed E-state index contributed by atoms with van der Waals surface area (Å²) in [4.78, 5) is 23.6. The molecule has 3 N–H and O–H groups in total. The maximum Gasteiger partial charge on any atom is 0.251 e. The molecule has 0 aromatic heterocycles. The molecule has 5 heteroatoms. The van der Waals surface area contributed by atoms with Crippen LogP contribution < -0.4 is 10.6 Å². The van der Waals surface area contributed by atoms with Crippen molar-refractivity contribution in [3.8, 4) is 0 Å². The van der Waals surface area contributed by atoms with Gasteiger partial charge in [-0.25, -0.2) is 0 Å². The van der Waals surface area contributed by atoms with Crippen LogP contribution in [0.5, 0.6) is 0 Å². The minimum Gasteiger partial charge on any atom is -0.393 e. The number of carbonyl (C=O) groups excluding carboxylic acids is 2. The summed E-state index contributed by atoms with van der Waals surface area (Å²) in [6, 6.07) is 7.24. The van der Waals surface area contributed by atoms with Gasteiger partial charge >= 0.3 is 0 Å². The Hall–Kier alpha value is -1.88. The summed E-state index contributed by atoms with van der Waals surface area (Å²) in [6.07, 6.45) is 2.27. The number of aliphatic hydroxyl groups excluding tert-OH is 1. The van der Waals surface area contributed by atoms with Gasteiger partial charge in [-0.1, -0.05) is 17.7 Å². The second kappa shape index (κ2) is 7.22. The van der Waals surface area contributed by atoms with Crippen LogP contribution in [0, 0.1) is 12.8 Å². The van der Waals surface area contributed by atoms with Gasteiger partial charge in [-0.05, 0) is 44.2 Å². The normalized spacial score (nSPS) is 21.0. The van der Waals surface area contributed by atoms with Crippen molar-refractivity contribution in [2.45, 2.75) is 32.3 Å². The Bertz CT molecular complexity index is 516. The standard InChI is InChI=1S/C16H22N2O3/c1-11-3-2-4-13(7-11)16(21)18-10-15(20)17-9-12-5-6-14(19)8-12/h2-4,7,12,14,19H,5-6,8-10H2,1H3,(H,17,20)(H,18,21). The number of hydrogen-bond acceptors (Lipinski definition) is 3. The van der Waals surface area contributed by atoms with Crippen molar-refractivity contribution in [2.24, 2.45) is 5.92 Å². The van der Waals surface area contributed by atoms with Crippen molar-refractivity contribution >= 4 is 11.8 Å². The van der Waals surface area contributed by atoms with Crippen LogP contribution in [0.1, 0.15) is 35.2 Å². The van der Waals surface area contributed by atoms with Gasteiger partial charge in [-0.2, -0.15) is 0 Å². The summed E-state index contributed by atoms with van der Waals surface area (Å²) < 4.78 is 0. The fourth-order valence-electron chi connectivity index (χ4n) is 2.60. The number of aliphatic hydroxyl groups is 1. The molecular weight excluding hydrogens is 268 g/mol. The van der Waals surface area contributed by atoms with Crippen LogP contribution in [0.15, 0.2) is 24.3 Å². The zero-order valence-electron chi connectivity index (χ0n) is 12.3. The van der Waals surface area contributed by atoms with Crippen LogP contribution in [0.25, 0.3) is 0 Å². The van der Waals surface area contributed by atoms with Crippen molar-refractivity contribution < 1.29 is 14.7 Å². The molecule has 0 bridgehead atoms. The second-order valence-electron chi connectivity index (χ2n) is 5.69. The molecule has 2 amide bonds. The van der Waals surface area contributed by atoms with E-state index in [0.717, 1.165) is 24.8 Å². The van der Waals surface area contributed by atoms with E-state index in [0.29, 0.717) is 18.0 Å². The second-order valence-corrected chi connectivity index (χ2v) is 5.69. The molecule has 114 valence electrons. The highest BCUT2D eigenvalue weighted by Gasteiger charge is 2.22. The first-order valence-electron chi connectivity index (χ1n) is 7.34. The number of amides is 2. The first-order chi connectivity index (χ1) is 10.0. The Balaban J connectivity index is 1.70. The van der Waals surface area contributed by atoms with E-state index in [2.05, 4.69) is 10.6 Å². The lowest BCUT2D eigenvalue weighted by Crippen LogP contribution is -2.38. The summed E-state index contributed by atoms with van der Waals surface area (Å²) in [5, 5.41) is 14.8. The lowest BCUT2D eigenvalue weighted by atomic mass is 10.1. The molecule has 2 unspecified atom stereocenters. The third kappa shape index (κ3) is 4.86. The molecule has 5 nitrogen and oxygen atoms in total. The molecule has 1 saturated carbocycles. The fourth-order valence-corrected chi connectivity index (χ4v) is 2.60. The highest BCUT2D eigenvalue weighted by molar-refractivity contribution is 5.96. The van der Waals surface area contributed by atoms with Gasteiger partial charge in [0, 0.05) is 12.1 Å². The molecule has 1 aliphatic carbocycles. The minimum absolute atomic E-state index is 0.0257. The SMILES string of the molecule is Cc1cccc(C(=O)NCC(=O)NCC2CCC(O)C2)c1. The third-order valence-corrected chi connectivity index (χ3v) is 3.79. The number of aryl methyl sites for hydroxylation is 1. The number of rotatable bonds is 5. The third-order valence-electron chi connectivity index (χ3n) is 3.79. The number of benzene rings is 1. The Kier molecular flexibility index (Phi) is 5.33. The summed E-state index contributed by atoms with van der Waals surface area (Å²) in [5.41, 5.74) is 1.56. The Morgan fingerprint density at radius 3 is 2.76 bits per heavy atom. The molecule has 21 heavy (non-hydrogen) atoms.